The molecule has 0 saturated carbocycles. The Balaban J connectivity index is 2.15. The van der Waals surface area contributed by atoms with Crippen LogP contribution in [0.25, 0.3) is 0 Å². The van der Waals surface area contributed by atoms with Crippen LogP contribution < -0.4 is 5.32 Å². The Kier molecular flexibility index (Phi) is 5.46. The normalized spacial score (nSPS) is 21.1. The van der Waals surface area contributed by atoms with Gasteiger partial charge in [-0.2, -0.15) is 8.78 Å². The number of rotatable bonds is 7. The molecule has 3 amide bonds. The van der Waals surface area contributed by atoms with Gasteiger partial charge < -0.3 is 5.32 Å². The molecule has 1 atom stereocenters. The largest absolute Gasteiger partial charge is 0.341 e. The predicted molar refractivity (Wildman–Crippen MR) is 86.6 cm³/mol. The Morgan fingerprint density at radius 3 is 2.32 bits per heavy atom. The van der Waals surface area contributed by atoms with Crippen LogP contribution in [0.1, 0.15) is 38.7 Å². The zero-order valence-corrected chi connectivity index (χ0v) is 14.8. The van der Waals surface area contributed by atoms with Gasteiger partial charge in [0.05, 0.1) is 11.4 Å². The first kappa shape index (κ1) is 19.3. The average molecular weight is 374 g/mol. The van der Waals surface area contributed by atoms with E-state index < -0.39 is 32.1 Å². The van der Waals surface area contributed by atoms with Crippen LogP contribution in [0.2, 0.25) is 0 Å². The Morgan fingerprint density at radius 2 is 1.80 bits per heavy atom. The number of halogens is 2. The number of carbonyl (C=O) groups is 2. The Morgan fingerprint density at radius 1 is 1.20 bits per heavy atom. The first-order valence-corrected chi connectivity index (χ1v) is 9.41. The molecule has 25 heavy (non-hydrogen) atoms. The van der Waals surface area contributed by atoms with Crippen LogP contribution in [0.15, 0.2) is 29.2 Å². The second-order valence-electron chi connectivity index (χ2n) is 6.21. The second kappa shape index (κ2) is 7.07. The summed E-state index contributed by atoms with van der Waals surface area (Å²) in [4.78, 5) is 25.1. The molecule has 0 bridgehead atoms. The van der Waals surface area contributed by atoms with E-state index in [1.807, 2.05) is 6.92 Å². The number of hydrogen-bond donors (Lipinski definition) is 1. The number of imide groups is 1. The summed E-state index contributed by atoms with van der Waals surface area (Å²) in [5.41, 5.74) is -0.483. The summed E-state index contributed by atoms with van der Waals surface area (Å²) < 4.78 is 47.8. The third-order valence-electron chi connectivity index (χ3n) is 4.20. The number of carbonyl (C=O) groups excluding carboxylic acids is 2. The van der Waals surface area contributed by atoms with Crippen molar-refractivity contribution in [3.8, 4) is 0 Å². The molecule has 1 fully saturated rings. The highest BCUT2D eigenvalue weighted by molar-refractivity contribution is 7.91. The highest BCUT2D eigenvalue weighted by Crippen LogP contribution is 2.25. The van der Waals surface area contributed by atoms with Crippen LogP contribution >= 0.6 is 0 Å². The summed E-state index contributed by atoms with van der Waals surface area (Å²) in [7, 11) is -4.66. The van der Waals surface area contributed by atoms with E-state index in [-0.39, 0.29) is 12.5 Å². The number of urea groups is 1. The van der Waals surface area contributed by atoms with Crippen LogP contribution in [0.5, 0.6) is 0 Å². The molecule has 1 aliphatic heterocycles. The van der Waals surface area contributed by atoms with E-state index in [4.69, 9.17) is 0 Å². The molecule has 1 aliphatic rings. The van der Waals surface area contributed by atoms with Gasteiger partial charge in [-0.25, -0.2) is 13.2 Å². The molecule has 138 valence electrons. The predicted octanol–water partition coefficient (Wildman–Crippen LogP) is 2.68. The van der Waals surface area contributed by atoms with E-state index in [0.717, 1.165) is 29.9 Å². The fourth-order valence-electron chi connectivity index (χ4n) is 2.66. The van der Waals surface area contributed by atoms with Gasteiger partial charge in [-0.1, -0.05) is 31.9 Å². The second-order valence-corrected chi connectivity index (χ2v) is 8.12. The number of nitrogens with one attached hydrogen (secondary N) is 1. The summed E-state index contributed by atoms with van der Waals surface area (Å²) in [6.45, 7) is 3.60. The van der Waals surface area contributed by atoms with Crippen LogP contribution in [-0.2, 0) is 21.2 Å². The molecule has 1 aromatic carbocycles. The minimum absolute atomic E-state index is 0.0542. The zero-order chi connectivity index (χ0) is 18.8. The number of sulfone groups is 1. The van der Waals surface area contributed by atoms with Gasteiger partial charge in [0.25, 0.3) is 5.91 Å². The van der Waals surface area contributed by atoms with E-state index in [2.05, 4.69) is 5.32 Å². The van der Waals surface area contributed by atoms with Gasteiger partial charge in [0.2, 0.25) is 9.84 Å². The van der Waals surface area contributed by atoms with Gasteiger partial charge in [0.1, 0.15) is 5.54 Å². The molecule has 0 aromatic heterocycles. The third-order valence-corrected chi connectivity index (χ3v) is 5.60. The van der Waals surface area contributed by atoms with Crippen LogP contribution in [0, 0.1) is 0 Å². The van der Waals surface area contributed by atoms with Gasteiger partial charge in [-0.3, -0.25) is 9.69 Å². The minimum Gasteiger partial charge on any atom is -0.323 e. The van der Waals surface area contributed by atoms with Gasteiger partial charge in [-0.05, 0) is 31.0 Å². The number of benzene rings is 1. The van der Waals surface area contributed by atoms with Crippen molar-refractivity contribution in [2.75, 3.05) is 0 Å². The lowest BCUT2D eigenvalue weighted by atomic mass is 9.95. The molecule has 0 aliphatic carbocycles. The van der Waals surface area contributed by atoms with Gasteiger partial charge in [0.15, 0.2) is 0 Å². The number of hydrogen-bond acceptors (Lipinski definition) is 4. The molecule has 6 nitrogen and oxygen atoms in total. The lowest BCUT2D eigenvalue weighted by Crippen LogP contribution is -2.43. The van der Waals surface area contributed by atoms with Crippen molar-refractivity contribution in [1.29, 1.82) is 0 Å². The van der Waals surface area contributed by atoms with Crippen molar-refractivity contribution in [3.05, 3.63) is 29.8 Å². The van der Waals surface area contributed by atoms with Crippen molar-refractivity contribution in [2.24, 2.45) is 0 Å². The molecule has 1 aromatic rings. The average Bonchev–Trinajstić information content (AvgIpc) is 2.77. The van der Waals surface area contributed by atoms with E-state index in [0.29, 0.717) is 12.0 Å². The summed E-state index contributed by atoms with van der Waals surface area (Å²) >= 11 is 0. The quantitative estimate of drug-likeness (QED) is 0.744. The monoisotopic (exact) mass is 374 g/mol. The molecular weight excluding hydrogens is 354 g/mol. The van der Waals surface area contributed by atoms with Crippen molar-refractivity contribution >= 4 is 21.8 Å². The van der Waals surface area contributed by atoms with Crippen LogP contribution in [0.4, 0.5) is 13.6 Å². The molecule has 1 saturated heterocycles. The fourth-order valence-corrected chi connectivity index (χ4v) is 3.38. The zero-order valence-electron chi connectivity index (χ0n) is 14.0. The lowest BCUT2D eigenvalue weighted by Gasteiger charge is -2.21. The number of nitrogens with zero attached hydrogens (tertiary/aromatic N) is 1. The SMILES string of the molecule is CCCC[C@]1(C)NC(=O)N(Cc2ccc(S(=O)(=O)C(F)F)cc2)C1=O. The molecule has 9 heteroatoms. The van der Waals surface area contributed by atoms with Crippen LogP contribution in [-0.4, -0.2) is 36.6 Å². The lowest BCUT2D eigenvalue weighted by molar-refractivity contribution is -0.131. The van der Waals surface area contributed by atoms with E-state index in [9.17, 15) is 26.8 Å². The maximum absolute atomic E-state index is 12.5. The maximum atomic E-state index is 12.5. The molecular formula is C16H20F2N2O4S. The number of amides is 3. The molecule has 1 N–H and O–H groups in total. The summed E-state index contributed by atoms with van der Waals surface area (Å²) in [6, 6.07) is 4.21. The molecule has 0 unspecified atom stereocenters. The van der Waals surface area contributed by atoms with E-state index in [1.165, 1.54) is 12.1 Å². The van der Waals surface area contributed by atoms with Gasteiger partial charge in [0, 0.05) is 0 Å². The van der Waals surface area contributed by atoms with E-state index >= 15 is 0 Å². The summed E-state index contributed by atoms with van der Waals surface area (Å²) in [5.74, 6) is -3.85. The van der Waals surface area contributed by atoms with Crippen molar-refractivity contribution in [1.82, 2.24) is 10.2 Å². The number of alkyl halides is 2. The first-order valence-electron chi connectivity index (χ1n) is 7.87. The topological polar surface area (TPSA) is 83.6 Å². The number of unbranched alkanes of at least 4 members (excludes halogenated alkanes) is 1. The summed E-state index contributed by atoms with van der Waals surface area (Å²) in [6.07, 6.45) is 2.20. The van der Waals surface area contributed by atoms with E-state index in [1.54, 1.807) is 6.92 Å². The Hall–Kier alpha value is -2.03. The minimum atomic E-state index is -4.66. The maximum Gasteiger partial charge on any atom is 0.341 e. The Bertz CT molecular complexity index is 765. The molecule has 0 radical (unpaired) electrons. The van der Waals surface area contributed by atoms with Gasteiger partial charge >= 0.3 is 11.8 Å². The van der Waals surface area contributed by atoms with Gasteiger partial charge in [-0.15, -0.1) is 0 Å². The first-order chi connectivity index (χ1) is 11.6. The molecule has 2 rings (SSSR count). The van der Waals surface area contributed by atoms with Crippen molar-refractivity contribution in [3.63, 3.8) is 0 Å². The molecule has 0 spiro atoms. The third kappa shape index (κ3) is 3.81. The van der Waals surface area contributed by atoms with Crippen molar-refractivity contribution in [2.45, 2.75) is 55.8 Å². The standard InChI is InChI=1S/C16H20F2N2O4S/c1-3-4-9-16(2)13(21)20(15(22)19-16)10-11-5-7-12(8-6-11)25(23,24)14(17)18/h5-8,14H,3-4,9-10H2,1-2H3,(H,19,22)/t16-/m0/s1. The Labute approximate surface area is 145 Å². The highest BCUT2D eigenvalue weighted by atomic mass is 32.2. The van der Waals surface area contributed by atoms with Crippen LogP contribution in [0.3, 0.4) is 0 Å². The smallest absolute Gasteiger partial charge is 0.323 e. The fraction of sp³-hybridized carbons (Fsp3) is 0.500. The summed E-state index contributed by atoms with van der Waals surface area (Å²) in [5, 5.41) is 2.68. The highest BCUT2D eigenvalue weighted by Gasteiger charge is 2.46. The molecule has 1 heterocycles. The van der Waals surface area contributed by atoms with Crippen molar-refractivity contribution < 1.29 is 26.8 Å².